The van der Waals surface area contributed by atoms with Gasteiger partial charge in [-0.15, -0.1) is 12.4 Å². The first kappa shape index (κ1) is 9.73. The Kier molecular flexibility index (Phi) is 2.21. The van der Waals surface area contributed by atoms with Crippen molar-refractivity contribution in [2.24, 2.45) is 15.0 Å². The number of para-hydroxylation sites is 1. The van der Waals surface area contributed by atoms with Gasteiger partial charge in [0, 0.05) is 5.22 Å². The van der Waals surface area contributed by atoms with Crippen molar-refractivity contribution in [2.75, 3.05) is 0 Å². The highest BCUT2D eigenvalue weighted by molar-refractivity contribution is 6.56. The van der Waals surface area contributed by atoms with Crippen molar-refractivity contribution >= 4 is 36.1 Å². The fourth-order valence-electron chi connectivity index (χ4n) is 1.55. The number of hydrogen-bond acceptors (Lipinski definition) is 3. The van der Waals surface area contributed by atoms with E-state index in [1.54, 1.807) is 6.07 Å². The van der Waals surface area contributed by atoms with E-state index < -0.39 is 0 Å². The van der Waals surface area contributed by atoms with Crippen LogP contribution in [0.5, 0.6) is 0 Å². The van der Waals surface area contributed by atoms with Crippen LogP contribution in [0.15, 0.2) is 39.2 Å². The molecule has 0 aromatic heterocycles. The van der Waals surface area contributed by atoms with Crippen LogP contribution >= 0.6 is 12.4 Å². The Labute approximate surface area is 91.2 Å². The van der Waals surface area contributed by atoms with E-state index in [-0.39, 0.29) is 18.3 Å². The van der Waals surface area contributed by atoms with Crippen molar-refractivity contribution in [2.45, 2.75) is 0 Å². The van der Waals surface area contributed by atoms with E-state index in [4.69, 9.17) is 0 Å². The first-order valence-electron chi connectivity index (χ1n) is 4.19. The van der Waals surface area contributed by atoms with Gasteiger partial charge in [-0.1, -0.05) is 18.2 Å². The molecule has 15 heavy (non-hydrogen) atoms. The van der Waals surface area contributed by atoms with Gasteiger partial charge in [-0.3, -0.25) is 4.79 Å². The molecule has 0 radical (unpaired) electrons. The highest BCUT2D eigenvalue weighted by atomic mass is 35.5. The fraction of sp³-hybridized carbons (Fsp3) is 0. The van der Waals surface area contributed by atoms with Gasteiger partial charge in [0.15, 0.2) is 5.71 Å². The summed E-state index contributed by atoms with van der Waals surface area (Å²) in [6.07, 6.45) is 1.39. The molecule has 0 saturated carbocycles. The SMILES string of the molecule is Cl.O=C1N=c2ccccc2=C2N=CN=C12. The Morgan fingerprint density at radius 2 is 1.93 bits per heavy atom. The zero-order valence-electron chi connectivity index (χ0n) is 7.54. The second-order valence-electron chi connectivity index (χ2n) is 3.00. The molecule has 0 fully saturated rings. The van der Waals surface area contributed by atoms with Crippen LogP contribution in [0, 0.1) is 0 Å². The van der Waals surface area contributed by atoms with Gasteiger partial charge in [-0.25, -0.2) is 15.0 Å². The molecule has 0 N–H and O–H groups in total. The molecule has 3 rings (SSSR count). The van der Waals surface area contributed by atoms with Gasteiger partial charge >= 0.3 is 0 Å². The van der Waals surface area contributed by atoms with Gasteiger partial charge in [0.1, 0.15) is 12.0 Å². The maximum atomic E-state index is 11.4. The monoisotopic (exact) mass is 219 g/mol. The van der Waals surface area contributed by atoms with Crippen molar-refractivity contribution in [1.29, 1.82) is 0 Å². The fourth-order valence-corrected chi connectivity index (χ4v) is 1.55. The number of nitrogens with zero attached hydrogens (tertiary/aromatic N) is 3. The summed E-state index contributed by atoms with van der Waals surface area (Å²) >= 11 is 0. The standard InChI is InChI=1S/C10H5N3O.ClH/c14-10-9-8(11-5-12-9)6-3-1-2-4-7(6)13-10;/h1-5H;1H. The smallest absolute Gasteiger partial charge is 0.265 e. The lowest BCUT2D eigenvalue weighted by Crippen LogP contribution is -2.36. The minimum atomic E-state index is -0.309. The van der Waals surface area contributed by atoms with Crippen LogP contribution in [-0.4, -0.2) is 18.0 Å². The lowest BCUT2D eigenvalue weighted by atomic mass is 10.1. The predicted octanol–water partition coefficient (Wildman–Crippen LogP) is -0.141. The van der Waals surface area contributed by atoms with E-state index in [0.717, 1.165) is 5.22 Å². The van der Waals surface area contributed by atoms with Crippen molar-refractivity contribution < 1.29 is 4.79 Å². The van der Waals surface area contributed by atoms with Gasteiger partial charge in [-0.2, -0.15) is 0 Å². The van der Waals surface area contributed by atoms with Gasteiger partial charge < -0.3 is 0 Å². The summed E-state index contributed by atoms with van der Waals surface area (Å²) in [4.78, 5) is 23.3. The zero-order valence-corrected chi connectivity index (χ0v) is 8.36. The van der Waals surface area contributed by atoms with Crippen molar-refractivity contribution in [3.63, 3.8) is 0 Å². The van der Waals surface area contributed by atoms with Crippen LogP contribution in [0.4, 0.5) is 0 Å². The molecule has 2 aliphatic heterocycles. The van der Waals surface area contributed by atoms with Crippen LogP contribution in [0.2, 0.25) is 0 Å². The number of amides is 1. The summed E-state index contributed by atoms with van der Waals surface area (Å²) < 4.78 is 0. The number of halogens is 1. The minimum Gasteiger partial charge on any atom is -0.265 e. The number of carbonyl (C=O) groups excluding carboxylic acids is 1. The van der Waals surface area contributed by atoms with Gasteiger partial charge in [0.25, 0.3) is 5.91 Å². The van der Waals surface area contributed by atoms with E-state index in [0.29, 0.717) is 16.8 Å². The van der Waals surface area contributed by atoms with E-state index in [2.05, 4.69) is 15.0 Å². The molecule has 0 aliphatic carbocycles. The van der Waals surface area contributed by atoms with Crippen LogP contribution in [0.3, 0.4) is 0 Å². The predicted molar refractivity (Wildman–Crippen MR) is 58.8 cm³/mol. The minimum absolute atomic E-state index is 0. The van der Waals surface area contributed by atoms with E-state index in [1.165, 1.54) is 6.34 Å². The summed E-state index contributed by atoms with van der Waals surface area (Å²) in [6, 6.07) is 7.42. The number of fused-ring (bicyclic) bond motifs is 2. The molecule has 5 heteroatoms. The van der Waals surface area contributed by atoms with Crippen LogP contribution < -0.4 is 10.6 Å². The molecule has 1 amide bonds. The Balaban J connectivity index is 0.000000853. The molecule has 4 nitrogen and oxygen atoms in total. The number of rotatable bonds is 0. The third-order valence-corrected chi connectivity index (χ3v) is 2.18. The van der Waals surface area contributed by atoms with Gasteiger partial charge in [0.05, 0.1) is 5.36 Å². The average Bonchev–Trinajstić information content (AvgIpc) is 2.67. The molecule has 2 aliphatic rings. The molecule has 1 aromatic rings. The molecular formula is C10H6ClN3O. The van der Waals surface area contributed by atoms with E-state index in [1.807, 2.05) is 18.2 Å². The molecule has 74 valence electrons. The van der Waals surface area contributed by atoms with Crippen molar-refractivity contribution in [3.8, 4) is 0 Å². The van der Waals surface area contributed by atoms with Crippen LogP contribution in [0.25, 0.3) is 5.70 Å². The maximum Gasteiger partial charge on any atom is 0.298 e. The molecule has 2 heterocycles. The largest absolute Gasteiger partial charge is 0.298 e. The highest BCUT2D eigenvalue weighted by Gasteiger charge is 2.22. The summed E-state index contributed by atoms with van der Waals surface area (Å²) in [5, 5.41) is 1.55. The molecule has 0 atom stereocenters. The molecule has 1 aromatic carbocycles. The van der Waals surface area contributed by atoms with Crippen LogP contribution in [0.1, 0.15) is 0 Å². The van der Waals surface area contributed by atoms with Gasteiger partial charge in [-0.05, 0) is 6.07 Å². The highest BCUT2D eigenvalue weighted by Crippen LogP contribution is 2.08. The Hall–Kier alpha value is -1.81. The first-order valence-corrected chi connectivity index (χ1v) is 4.19. The Morgan fingerprint density at radius 3 is 2.80 bits per heavy atom. The molecule has 0 spiro atoms. The average molecular weight is 220 g/mol. The molecule has 0 saturated heterocycles. The first-order chi connectivity index (χ1) is 6.86. The van der Waals surface area contributed by atoms with Crippen molar-refractivity contribution in [1.82, 2.24) is 0 Å². The normalized spacial score (nSPS) is 16.1. The second kappa shape index (κ2) is 3.40. The lowest BCUT2D eigenvalue weighted by Gasteiger charge is -2.02. The second-order valence-corrected chi connectivity index (χ2v) is 3.00. The maximum absolute atomic E-state index is 11.4. The number of benzene rings is 1. The zero-order chi connectivity index (χ0) is 9.54. The summed E-state index contributed by atoms with van der Waals surface area (Å²) in [7, 11) is 0. The van der Waals surface area contributed by atoms with E-state index >= 15 is 0 Å². The number of carbonyl (C=O) groups is 1. The van der Waals surface area contributed by atoms with Gasteiger partial charge in [0.2, 0.25) is 0 Å². The molecule has 0 unspecified atom stereocenters. The summed E-state index contributed by atoms with van der Waals surface area (Å²) in [5.74, 6) is -0.309. The molecular weight excluding hydrogens is 214 g/mol. The van der Waals surface area contributed by atoms with Crippen LogP contribution in [-0.2, 0) is 4.79 Å². The number of hydrogen-bond donors (Lipinski definition) is 0. The molecule has 0 bridgehead atoms. The Bertz CT molecular complexity index is 616. The summed E-state index contributed by atoms with van der Waals surface area (Å²) in [6.45, 7) is 0. The number of aliphatic imine (C=N–C) groups is 2. The quantitative estimate of drug-likeness (QED) is 0.599. The summed E-state index contributed by atoms with van der Waals surface area (Å²) in [5.41, 5.74) is 0.990. The van der Waals surface area contributed by atoms with Crippen molar-refractivity contribution in [3.05, 3.63) is 34.8 Å². The van der Waals surface area contributed by atoms with E-state index in [9.17, 15) is 4.79 Å². The third kappa shape index (κ3) is 1.30. The Morgan fingerprint density at radius 1 is 1.13 bits per heavy atom. The lowest BCUT2D eigenvalue weighted by molar-refractivity contribution is -0.111. The topological polar surface area (TPSA) is 54.1 Å². The third-order valence-electron chi connectivity index (χ3n) is 2.18.